The van der Waals surface area contributed by atoms with Gasteiger partial charge in [0, 0.05) is 45.5 Å². The van der Waals surface area contributed by atoms with Crippen molar-refractivity contribution in [3.63, 3.8) is 0 Å². The molecule has 1 unspecified atom stereocenters. The number of hydrogen-bond acceptors (Lipinski definition) is 6. The van der Waals surface area contributed by atoms with E-state index in [1.54, 1.807) is 0 Å². The lowest BCUT2D eigenvalue weighted by molar-refractivity contribution is -0.278. The zero-order chi connectivity index (χ0) is 33.3. The van der Waals surface area contributed by atoms with Gasteiger partial charge in [0.2, 0.25) is 5.91 Å². The molecule has 3 saturated carbocycles. The second-order valence-electron chi connectivity index (χ2n) is 16.3. The zero-order valence-electron chi connectivity index (χ0n) is 28.7. The molecule has 4 fully saturated rings. The third-order valence-electron chi connectivity index (χ3n) is 13.2. The van der Waals surface area contributed by atoms with Crippen LogP contribution in [-0.2, 0) is 37.4 Å². The first kappa shape index (κ1) is 30.7. The first-order chi connectivity index (χ1) is 22.9. The maximum atomic E-state index is 13.8. The van der Waals surface area contributed by atoms with E-state index in [-0.39, 0.29) is 30.6 Å². The minimum atomic E-state index is -1.51. The fourth-order valence-corrected chi connectivity index (χ4v) is 10.3. The van der Waals surface area contributed by atoms with Crippen molar-refractivity contribution in [2.24, 2.45) is 16.3 Å². The molecule has 252 valence electrons. The molecule has 3 aromatic rings. The Balaban J connectivity index is 1.19. The highest BCUT2D eigenvalue weighted by molar-refractivity contribution is 6.02. The molecule has 1 amide bonds. The van der Waals surface area contributed by atoms with Crippen LogP contribution in [-0.4, -0.2) is 63.6 Å². The number of carbonyl (C=O) groups excluding carboxylic acids is 1. The zero-order valence-corrected chi connectivity index (χ0v) is 28.7. The van der Waals surface area contributed by atoms with Gasteiger partial charge in [-0.3, -0.25) is 9.79 Å². The number of fused-ring (bicyclic) bond motifs is 9. The summed E-state index contributed by atoms with van der Waals surface area (Å²) in [6.07, 6.45) is 5.85. The van der Waals surface area contributed by atoms with Gasteiger partial charge in [-0.25, -0.2) is 0 Å². The van der Waals surface area contributed by atoms with Crippen molar-refractivity contribution in [1.82, 2.24) is 10.3 Å². The predicted molar refractivity (Wildman–Crippen MR) is 184 cm³/mol. The fourth-order valence-electron chi connectivity index (χ4n) is 10.3. The molecule has 1 saturated heterocycles. The van der Waals surface area contributed by atoms with Crippen LogP contribution >= 0.6 is 0 Å². The third kappa shape index (κ3) is 4.09. The Labute approximate surface area is 282 Å². The van der Waals surface area contributed by atoms with Gasteiger partial charge in [-0.05, 0) is 82.1 Å². The molecule has 1 spiro atoms. The van der Waals surface area contributed by atoms with Gasteiger partial charge in [0.25, 0.3) is 0 Å². The number of aromatic amines is 1. The van der Waals surface area contributed by atoms with Crippen molar-refractivity contribution >= 4 is 22.5 Å². The number of ether oxygens (including phenoxy) is 3. The highest BCUT2D eigenvalue weighted by atomic mass is 16.8. The van der Waals surface area contributed by atoms with Crippen LogP contribution in [0.3, 0.4) is 0 Å². The van der Waals surface area contributed by atoms with Crippen molar-refractivity contribution in [2.45, 2.75) is 120 Å². The number of nitrogens with zero attached hydrogens (tertiary/aromatic N) is 1. The molecule has 4 aliphatic carbocycles. The highest BCUT2D eigenvalue weighted by Gasteiger charge is 2.77. The number of amides is 1. The Morgan fingerprint density at radius 3 is 2.62 bits per heavy atom. The summed E-state index contributed by atoms with van der Waals surface area (Å²) in [6, 6.07) is 17.2. The molecule has 6 aliphatic rings. The third-order valence-corrected chi connectivity index (χ3v) is 13.2. The highest BCUT2D eigenvalue weighted by Crippen LogP contribution is 2.72. The minimum absolute atomic E-state index is 0.0955. The minimum Gasteiger partial charge on any atom is -0.382 e. The first-order valence-corrected chi connectivity index (χ1v) is 17.8. The van der Waals surface area contributed by atoms with Crippen LogP contribution in [0.2, 0.25) is 0 Å². The number of aliphatic imine (C=N–C) groups is 1. The lowest BCUT2D eigenvalue weighted by atomic mass is 9.41. The van der Waals surface area contributed by atoms with Gasteiger partial charge in [-0.2, -0.15) is 0 Å². The number of aryl methyl sites for hydroxylation is 1. The predicted octanol–water partition coefficient (Wildman–Crippen LogP) is 5.98. The number of H-pyrrole nitrogens is 1. The van der Waals surface area contributed by atoms with Crippen LogP contribution in [0.25, 0.3) is 10.9 Å². The lowest BCUT2D eigenvalue weighted by Crippen LogP contribution is -2.75. The summed E-state index contributed by atoms with van der Waals surface area (Å²) in [5.41, 5.74) is 4.21. The molecule has 8 nitrogen and oxygen atoms in total. The smallest absolute Gasteiger partial charge is 0.246 e. The van der Waals surface area contributed by atoms with E-state index in [1.165, 1.54) is 22.2 Å². The van der Waals surface area contributed by atoms with Crippen molar-refractivity contribution in [2.75, 3.05) is 6.61 Å². The van der Waals surface area contributed by atoms with Crippen LogP contribution in [0.5, 0.6) is 0 Å². The Kier molecular flexibility index (Phi) is 6.48. The van der Waals surface area contributed by atoms with Gasteiger partial charge in [0.05, 0.1) is 24.0 Å². The lowest BCUT2D eigenvalue weighted by Gasteiger charge is -2.67. The van der Waals surface area contributed by atoms with E-state index in [0.717, 1.165) is 36.1 Å². The molecule has 3 heterocycles. The van der Waals surface area contributed by atoms with Crippen LogP contribution in [0.15, 0.2) is 65.2 Å². The van der Waals surface area contributed by atoms with Crippen LogP contribution in [0.1, 0.15) is 82.2 Å². The molecule has 2 aromatic carbocycles. The fraction of sp³-hybridized carbons (Fsp3) is 0.550. The second-order valence-corrected chi connectivity index (χ2v) is 16.3. The monoisotopic (exact) mass is 649 g/mol. The maximum absolute atomic E-state index is 13.8. The topological polar surface area (TPSA) is 105 Å². The van der Waals surface area contributed by atoms with Gasteiger partial charge in [0.15, 0.2) is 5.79 Å². The van der Waals surface area contributed by atoms with Gasteiger partial charge in [0.1, 0.15) is 18.3 Å². The molecule has 8 heteroatoms. The molecule has 2 bridgehead atoms. The van der Waals surface area contributed by atoms with E-state index in [9.17, 15) is 9.90 Å². The molecular formula is C40H47N3O5. The number of rotatable bonds is 6. The number of carbonyl (C=O) groups is 1. The molecule has 9 rings (SSSR count). The van der Waals surface area contributed by atoms with Gasteiger partial charge < -0.3 is 29.6 Å². The van der Waals surface area contributed by atoms with Crippen molar-refractivity contribution < 1.29 is 24.1 Å². The second kappa shape index (κ2) is 10.1. The molecule has 2 aliphatic heterocycles. The van der Waals surface area contributed by atoms with Crippen LogP contribution in [0.4, 0.5) is 0 Å². The van der Waals surface area contributed by atoms with E-state index in [1.807, 2.05) is 0 Å². The maximum Gasteiger partial charge on any atom is 0.246 e. The number of hydrogen-bond donors (Lipinski definition) is 3. The van der Waals surface area contributed by atoms with Crippen molar-refractivity contribution in [3.05, 3.63) is 82.6 Å². The Hall–Kier alpha value is -3.30. The Morgan fingerprint density at radius 1 is 1.08 bits per heavy atom. The van der Waals surface area contributed by atoms with Crippen LogP contribution < -0.4 is 5.32 Å². The largest absolute Gasteiger partial charge is 0.382 e. The summed E-state index contributed by atoms with van der Waals surface area (Å²) in [7, 11) is 0. The van der Waals surface area contributed by atoms with Gasteiger partial charge in [-0.15, -0.1) is 0 Å². The molecule has 3 N–H and O–H groups in total. The Morgan fingerprint density at radius 2 is 1.85 bits per heavy atom. The summed E-state index contributed by atoms with van der Waals surface area (Å²) in [4.78, 5) is 22.0. The molecule has 0 radical (unpaired) electrons. The normalized spacial score (nSPS) is 38.2. The summed E-state index contributed by atoms with van der Waals surface area (Å²) in [5.74, 6) is -1.02. The first-order valence-electron chi connectivity index (χ1n) is 17.8. The summed E-state index contributed by atoms with van der Waals surface area (Å²) in [6.45, 7) is 11.2. The quantitative estimate of drug-likeness (QED) is 0.305. The average Bonchev–Trinajstić information content (AvgIpc) is 3.66. The SMILES string of the molecule is Cc1ccc(CN=C2C=C3C4(CC[C@]5(C)[C@@]6(C)c7[nH]c8ccccc8c7C[C@@H]6C[C@H](OCC(=O)NC6CC6)[C@@]35O)O[C@@H]2C(C)(C)O4)cc1. The molecule has 48 heavy (non-hydrogen) atoms. The van der Waals surface area contributed by atoms with E-state index < -0.39 is 33.9 Å². The van der Waals surface area contributed by atoms with E-state index in [4.69, 9.17) is 19.2 Å². The summed E-state index contributed by atoms with van der Waals surface area (Å²) in [5, 5.41) is 18.1. The van der Waals surface area contributed by atoms with Gasteiger partial charge in [-0.1, -0.05) is 61.9 Å². The Bertz CT molecular complexity index is 1890. The van der Waals surface area contributed by atoms with Gasteiger partial charge >= 0.3 is 0 Å². The number of para-hydroxylation sites is 1. The number of aliphatic hydroxyl groups is 1. The van der Waals surface area contributed by atoms with E-state index in [2.05, 4.69) is 99.5 Å². The van der Waals surface area contributed by atoms with E-state index in [0.29, 0.717) is 31.4 Å². The molecule has 1 aromatic heterocycles. The number of nitrogens with one attached hydrogen (secondary N) is 2. The van der Waals surface area contributed by atoms with E-state index >= 15 is 0 Å². The standard InChI is InChI=1S/C40H47N3O5/c1-23-10-12-24(13-11-23)21-41-30-20-31-39(47-35(30)36(2,3)48-39)17-16-37(4)38(5)25(18-28-27-8-6-7-9-29(27)43-34(28)38)19-32(40(31,37)45)46-22-33(44)42-26-14-15-26/h6-13,20,25-26,32,35,43,45H,14-19,21-22H2,1-5H3,(H,42,44)/t25-,32+,35+,37-,38-,39?,40+/m1/s1. The summed E-state index contributed by atoms with van der Waals surface area (Å²) >= 11 is 0. The molecular weight excluding hydrogens is 602 g/mol. The number of benzene rings is 2. The van der Waals surface area contributed by atoms with Crippen molar-refractivity contribution in [3.8, 4) is 0 Å². The van der Waals surface area contributed by atoms with Crippen LogP contribution in [0, 0.1) is 18.3 Å². The molecule has 7 atom stereocenters. The number of aromatic nitrogens is 1. The van der Waals surface area contributed by atoms with Crippen molar-refractivity contribution in [1.29, 1.82) is 0 Å². The average molecular weight is 650 g/mol. The summed E-state index contributed by atoms with van der Waals surface area (Å²) < 4.78 is 20.5.